The highest BCUT2D eigenvalue weighted by molar-refractivity contribution is 8.00. The topological polar surface area (TPSA) is 89.0 Å². The first-order valence-corrected chi connectivity index (χ1v) is 8.31. The van der Waals surface area contributed by atoms with Crippen molar-refractivity contribution in [2.24, 2.45) is 0 Å². The summed E-state index contributed by atoms with van der Waals surface area (Å²) in [5.41, 5.74) is 1.69. The zero-order chi connectivity index (χ0) is 14.5. The minimum atomic E-state index is 0.584. The van der Waals surface area contributed by atoms with E-state index in [2.05, 4.69) is 35.4 Å². The first-order valence-electron chi connectivity index (χ1n) is 6.62. The lowest BCUT2D eigenvalue weighted by molar-refractivity contribution is 0.122. The van der Waals surface area contributed by atoms with Gasteiger partial charge in [-0.1, -0.05) is 11.3 Å². The number of anilines is 2. The SMILES string of the molecule is CCNc1nc(Sc2nncs2)nc(N2CCOCC2)n1. The zero-order valence-electron chi connectivity index (χ0n) is 11.5. The number of ether oxygens (including phenoxy) is 1. The van der Waals surface area contributed by atoms with E-state index in [1.807, 2.05) is 6.92 Å². The highest BCUT2D eigenvalue weighted by Crippen LogP contribution is 2.27. The highest BCUT2D eigenvalue weighted by atomic mass is 32.2. The van der Waals surface area contributed by atoms with Crippen LogP contribution in [0.5, 0.6) is 0 Å². The van der Waals surface area contributed by atoms with E-state index in [-0.39, 0.29) is 0 Å². The van der Waals surface area contributed by atoms with Crippen molar-refractivity contribution in [2.75, 3.05) is 43.1 Å². The fourth-order valence-corrected chi connectivity index (χ4v) is 3.15. The van der Waals surface area contributed by atoms with Crippen molar-refractivity contribution in [3.8, 4) is 0 Å². The first kappa shape index (κ1) is 14.4. The van der Waals surface area contributed by atoms with Gasteiger partial charge >= 0.3 is 0 Å². The van der Waals surface area contributed by atoms with Crippen LogP contribution in [0, 0.1) is 0 Å². The van der Waals surface area contributed by atoms with E-state index >= 15 is 0 Å². The Hall–Kier alpha value is -1.52. The lowest BCUT2D eigenvalue weighted by Crippen LogP contribution is -2.37. The molecule has 1 saturated heterocycles. The number of rotatable bonds is 5. The molecule has 2 aromatic heterocycles. The maximum absolute atomic E-state index is 5.36. The van der Waals surface area contributed by atoms with Gasteiger partial charge in [0, 0.05) is 19.6 Å². The fourth-order valence-electron chi connectivity index (χ4n) is 1.82. The van der Waals surface area contributed by atoms with Crippen molar-refractivity contribution < 1.29 is 4.74 Å². The molecule has 112 valence electrons. The molecule has 21 heavy (non-hydrogen) atoms. The van der Waals surface area contributed by atoms with Gasteiger partial charge in [0.25, 0.3) is 0 Å². The van der Waals surface area contributed by atoms with E-state index in [4.69, 9.17) is 4.74 Å². The molecule has 10 heteroatoms. The molecule has 1 N–H and O–H groups in total. The molecule has 3 rings (SSSR count). The predicted octanol–water partition coefficient (Wildman–Crippen LogP) is 1.14. The molecule has 0 unspecified atom stereocenters. The Morgan fingerprint density at radius 1 is 1.33 bits per heavy atom. The van der Waals surface area contributed by atoms with Crippen LogP contribution in [0.2, 0.25) is 0 Å². The van der Waals surface area contributed by atoms with Crippen LogP contribution in [0.4, 0.5) is 11.9 Å². The number of hydrogen-bond acceptors (Lipinski definition) is 10. The average molecular weight is 325 g/mol. The van der Waals surface area contributed by atoms with Crippen LogP contribution in [0.25, 0.3) is 0 Å². The molecule has 1 fully saturated rings. The third kappa shape index (κ3) is 3.77. The summed E-state index contributed by atoms with van der Waals surface area (Å²) in [7, 11) is 0. The van der Waals surface area contributed by atoms with Gasteiger partial charge < -0.3 is 15.0 Å². The third-order valence-electron chi connectivity index (χ3n) is 2.75. The Morgan fingerprint density at radius 3 is 2.90 bits per heavy atom. The Morgan fingerprint density at radius 2 is 2.19 bits per heavy atom. The molecule has 1 aliphatic heterocycles. The predicted molar refractivity (Wildman–Crippen MR) is 81.1 cm³/mol. The largest absolute Gasteiger partial charge is 0.378 e. The summed E-state index contributed by atoms with van der Waals surface area (Å²) in [6, 6.07) is 0. The minimum Gasteiger partial charge on any atom is -0.378 e. The molecular formula is C11H15N7OS2. The average Bonchev–Trinajstić information content (AvgIpc) is 3.01. The third-order valence-corrected chi connectivity index (χ3v) is 4.39. The summed E-state index contributed by atoms with van der Waals surface area (Å²) >= 11 is 2.86. The zero-order valence-corrected chi connectivity index (χ0v) is 13.2. The quantitative estimate of drug-likeness (QED) is 0.869. The van der Waals surface area contributed by atoms with Gasteiger partial charge in [-0.15, -0.1) is 10.2 Å². The summed E-state index contributed by atoms with van der Waals surface area (Å²) in [6.07, 6.45) is 0. The highest BCUT2D eigenvalue weighted by Gasteiger charge is 2.17. The number of hydrogen-bond donors (Lipinski definition) is 1. The van der Waals surface area contributed by atoms with Gasteiger partial charge in [0.05, 0.1) is 13.2 Å². The minimum absolute atomic E-state index is 0.584. The molecule has 0 amide bonds. The molecule has 2 aromatic rings. The summed E-state index contributed by atoms with van der Waals surface area (Å²) in [4.78, 5) is 15.5. The van der Waals surface area contributed by atoms with Gasteiger partial charge in [-0.2, -0.15) is 15.0 Å². The standard InChI is InChI=1S/C11H15N7OS2/c1-2-12-8-14-9(18-3-5-19-6-4-18)16-10(15-8)21-11-17-13-7-20-11/h7H,2-6H2,1H3,(H,12,14,15,16). The van der Waals surface area contributed by atoms with E-state index < -0.39 is 0 Å². The second-order valence-electron chi connectivity index (χ2n) is 4.18. The van der Waals surface area contributed by atoms with Crippen LogP contribution in [0.3, 0.4) is 0 Å². The van der Waals surface area contributed by atoms with Crippen molar-refractivity contribution in [3.05, 3.63) is 5.51 Å². The summed E-state index contributed by atoms with van der Waals surface area (Å²) < 4.78 is 6.18. The summed E-state index contributed by atoms with van der Waals surface area (Å²) in [6.45, 7) is 5.74. The normalized spacial score (nSPS) is 15.2. The van der Waals surface area contributed by atoms with Gasteiger partial charge in [0.2, 0.25) is 17.1 Å². The van der Waals surface area contributed by atoms with Crippen LogP contribution in [-0.2, 0) is 4.74 Å². The number of aromatic nitrogens is 5. The Balaban J connectivity index is 1.85. The van der Waals surface area contributed by atoms with Crippen molar-refractivity contribution in [1.29, 1.82) is 0 Å². The molecule has 0 spiro atoms. The summed E-state index contributed by atoms with van der Waals surface area (Å²) in [5.74, 6) is 1.26. The molecule has 0 aromatic carbocycles. The maximum Gasteiger partial charge on any atom is 0.231 e. The second kappa shape index (κ2) is 6.96. The smallest absolute Gasteiger partial charge is 0.231 e. The molecule has 1 aliphatic rings. The second-order valence-corrected chi connectivity index (χ2v) is 6.23. The molecule has 8 nitrogen and oxygen atoms in total. The van der Waals surface area contributed by atoms with E-state index in [9.17, 15) is 0 Å². The molecule has 0 aliphatic carbocycles. The van der Waals surface area contributed by atoms with E-state index in [1.165, 1.54) is 23.1 Å². The number of morpholine rings is 1. The van der Waals surface area contributed by atoms with Crippen molar-refractivity contribution in [3.63, 3.8) is 0 Å². The number of nitrogens with one attached hydrogen (secondary N) is 1. The van der Waals surface area contributed by atoms with Gasteiger partial charge in [-0.3, -0.25) is 0 Å². The Labute approximate surface area is 130 Å². The van der Waals surface area contributed by atoms with Crippen molar-refractivity contribution >= 4 is 35.0 Å². The van der Waals surface area contributed by atoms with Crippen LogP contribution < -0.4 is 10.2 Å². The van der Waals surface area contributed by atoms with Crippen LogP contribution in [0.1, 0.15) is 6.92 Å². The van der Waals surface area contributed by atoms with Gasteiger partial charge in [0.15, 0.2) is 4.34 Å². The molecule has 0 saturated carbocycles. The van der Waals surface area contributed by atoms with E-state index in [0.717, 1.165) is 24.0 Å². The van der Waals surface area contributed by atoms with Crippen LogP contribution in [0.15, 0.2) is 15.0 Å². The van der Waals surface area contributed by atoms with E-state index in [0.29, 0.717) is 30.3 Å². The molecule has 0 bridgehead atoms. The molecule has 0 radical (unpaired) electrons. The Bertz CT molecular complexity index is 574. The fraction of sp³-hybridized carbons (Fsp3) is 0.545. The summed E-state index contributed by atoms with van der Waals surface area (Å²) in [5, 5.41) is 11.6. The lowest BCUT2D eigenvalue weighted by atomic mass is 10.4. The van der Waals surface area contributed by atoms with Crippen molar-refractivity contribution in [2.45, 2.75) is 16.4 Å². The monoisotopic (exact) mass is 325 g/mol. The van der Waals surface area contributed by atoms with Crippen LogP contribution in [-0.4, -0.2) is 58.0 Å². The first-order chi connectivity index (χ1) is 10.3. The molecule has 3 heterocycles. The van der Waals surface area contributed by atoms with Gasteiger partial charge in [0.1, 0.15) is 5.51 Å². The van der Waals surface area contributed by atoms with Gasteiger partial charge in [-0.25, -0.2) is 0 Å². The number of nitrogens with zero attached hydrogens (tertiary/aromatic N) is 6. The van der Waals surface area contributed by atoms with Crippen molar-refractivity contribution in [1.82, 2.24) is 25.1 Å². The van der Waals surface area contributed by atoms with Gasteiger partial charge in [-0.05, 0) is 18.7 Å². The van der Waals surface area contributed by atoms with Crippen LogP contribution >= 0.6 is 23.1 Å². The maximum atomic E-state index is 5.36. The molecular weight excluding hydrogens is 310 g/mol. The van der Waals surface area contributed by atoms with E-state index in [1.54, 1.807) is 5.51 Å². The molecule has 0 atom stereocenters. The lowest BCUT2D eigenvalue weighted by Gasteiger charge is -2.27. The Kier molecular flexibility index (Phi) is 4.78.